The summed E-state index contributed by atoms with van der Waals surface area (Å²) < 4.78 is 46.9. The van der Waals surface area contributed by atoms with Gasteiger partial charge in [0.25, 0.3) is 5.89 Å². The summed E-state index contributed by atoms with van der Waals surface area (Å²) in [6.45, 7) is -0.789. The number of carbonyl (C=O) groups excluding carboxylic acids is 2. The van der Waals surface area contributed by atoms with Gasteiger partial charge in [-0.1, -0.05) is 18.2 Å². The van der Waals surface area contributed by atoms with Gasteiger partial charge in [0.2, 0.25) is 11.8 Å². The van der Waals surface area contributed by atoms with E-state index in [1.165, 1.54) is 35.6 Å². The first-order chi connectivity index (χ1) is 14.2. The average Bonchev–Trinajstić information content (AvgIpc) is 3.28. The molecule has 8 nitrogen and oxygen atoms in total. The van der Waals surface area contributed by atoms with E-state index >= 15 is 0 Å². The molecule has 2 aromatic heterocycles. The first-order valence-corrected chi connectivity index (χ1v) is 9.51. The van der Waals surface area contributed by atoms with Crippen molar-refractivity contribution in [3.63, 3.8) is 0 Å². The second-order valence-electron chi connectivity index (χ2n) is 6.40. The summed E-state index contributed by atoms with van der Waals surface area (Å²) in [5, 5.41) is 8.01. The summed E-state index contributed by atoms with van der Waals surface area (Å²) in [5.74, 6) is -2.95. The fraction of sp³-hybridized carbons (Fsp3) is 0.222. The van der Waals surface area contributed by atoms with Gasteiger partial charge in [-0.15, -0.1) is 16.4 Å². The van der Waals surface area contributed by atoms with Gasteiger partial charge in [-0.25, -0.2) is 4.79 Å². The molecule has 1 atom stereocenters. The first-order valence-electron chi connectivity index (χ1n) is 8.63. The molecule has 0 spiro atoms. The maximum absolute atomic E-state index is 13.7. The number of alkyl halides is 3. The van der Waals surface area contributed by atoms with E-state index in [0.717, 1.165) is 0 Å². The van der Waals surface area contributed by atoms with Crippen molar-refractivity contribution in [3.05, 3.63) is 52.3 Å². The Kier molecular flexibility index (Phi) is 4.94. The van der Waals surface area contributed by atoms with Crippen LogP contribution >= 0.6 is 11.3 Å². The number of hydrogen-bond donors (Lipinski definition) is 1. The molecule has 2 amide bonds. The molecule has 4 rings (SSSR count). The third-order valence-corrected chi connectivity index (χ3v) is 5.26. The van der Waals surface area contributed by atoms with Crippen LogP contribution in [-0.2, 0) is 16.1 Å². The van der Waals surface area contributed by atoms with E-state index in [1.807, 2.05) is 0 Å². The second-order valence-corrected chi connectivity index (χ2v) is 7.35. The second kappa shape index (κ2) is 7.44. The Morgan fingerprint density at radius 3 is 2.70 bits per heavy atom. The predicted octanol–water partition coefficient (Wildman–Crippen LogP) is 2.87. The minimum absolute atomic E-state index is 0.0386. The van der Waals surface area contributed by atoms with Crippen molar-refractivity contribution in [1.82, 2.24) is 9.78 Å². The van der Waals surface area contributed by atoms with Crippen LogP contribution in [0, 0.1) is 0 Å². The largest absolute Gasteiger partial charge is 0.437 e. The number of anilines is 2. The van der Waals surface area contributed by atoms with Gasteiger partial charge in [0, 0.05) is 0 Å². The third-order valence-electron chi connectivity index (χ3n) is 4.40. The summed E-state index contributed by atoms with van der Waals surface area (Å²) in [4.78, 5) is 38.0. The lowest BCUT2D eigenvalue weighted by Gasteiger charge is -2.31. The fourth-order valence-corrected chi connectivity index (χ4v) is 3.75. The zero-order valence-electron chi connectivity index (χ0n) is 15.0. The lowest BCUT2D eigenvalue weighted by atomic mass is 10.1. The van der Waals surface area contributed by atoms with Crippen LogP contribution in [0.2, 0.25) is 0 Å². The van der Waals surface area contributed by atoms with Gasteiger partial charge in [-0.2, -0.15) is 17.9 Å². The number of aromatic nitrogens is 2. The van der Waals surface area contributed by atoms with Crippen LogP contribution in [0.25, 0.3) is 10.8 Å². The van der Waals surface area contributed by atoms with E-state index in [-0.39, 0.29) is 17.3 Å². The van der Waals surface area contributed by atoms with Crippen molar-refractivity contribution in [2.75, 3.05) is 10.2 Å². The molecule has 0 radical (unpaired) electrons. The maximum Gasteiger partial charge on any atom is 0.437 e. The molecule has 0 unspecified atom stereocenters. The van der Waals surface area contributed by atoms with Gasteiger partial charge in [0.1, 0.15) is 12.6 Å². The van der Waals surface area contributed by atoms with Crippen LogP contribution in [0.4, 0.5) is 24.5 Å². The highest BCUT2D eigenvalue weighted by atomic mass is 32.1. The summed E-state index contributed by atoms with van der Waals surface area (Å²) >= 11 is 1.24. The molecule has 12 heteroatoms. The molecule has 1 N–H and O–H groups in total. The number of amides is 2. The highest BCUT2D eigenvalue weighted by Crippen LogP contribution is 2.37. The van der Waals surface area contributed by atoms with Crippen LogP contribution in [0.3, 0.4) is 0 Å². The Bertz CT molecular complexity index is 1150. The summed E-state index contributed by atoms with van der Waals surface area (Å²) in [5.41, 5.74) is -0.0555. The number of halogens is 3. The zero-order valence-corrected chi connectivity index (χ0v) is 15.9. The Morgan fingerprint density at radius 2 is 2.00 bits per heavy atom. The number of nitrogens with one attached hydrogen (secondary N) is 1. The van der Waals surface area contributed by atoms with E-state index < -0.39 is 42.8 Å². The van der Waals surface area contributed by atoms with E-state index in [1.54, 1.807) is 17.5 Å². The van der Waals surface area contributed by atoms with E-state index in [4.69, 9.17) is 4.42 Å². The molecule has 3 heterocycles. The van der Waals surface area contributed by atoms with Crippen molar-refractivity contribution in [1.29, 1.82) is 0 Å². The molecule has 0 saturated carbocycles. The number of nitrogens with zero attached hydrogens (tertiary/aromatic N) is 3. The summed E-state index contributed by atoms with van der Waals surface area (Å²) in [6.07, 6.45) is -5.85. The monoisotopic (exact) mass is 438 g/mol. The zero-order chi connectivity index (χ0) is 21.5. The number of benzene rings is 1. The lowest BCUT2D eigenvalue weighted by molar-refractivity contribution is -0.158. The summed E-state index contributed by atoms with van der Waals surface area (Å²) in [6, 6.07) is 6.60. The molecule has 0 saturated heterocycles. The smallest absolute Gasteiger partial charge is 0.387 e. The first kappa shape index (κ1) is 19.9. The number of fused-ring (bicyclic) bond motifs is 1. The number of rotatable bonds is 3. The molecule has 156 valence electrons. The van der Waals surface area contributed by atoms with Crippen molar-refractivity contribution in [2.45, 2.75) is 25.2 Å². The number of thiophene rings is 1. The normalized spacial score (nSPS) is 16.7. The molecule has 0 fully saturated rings. The van der Waals surface area contributed by atoms with Crippen LogP contribution in [-0.4, -0.2) is 33.8 Å². The average molecular weight is 438 g/mol. The Labute approximate surface area is 170 Å². The van der Waals surface area contributed by atoms with Gasteiger partial charge in [-0.05, 0) is 23.6 Å². The van der Waals surface area contributed by atoms with Gasteiger partial charge in [0.05, 0.1) is 22.7 Å². The maximum atomic E-state index is 13.7. The molecule has 1 aromatic carbocycles. The van der Waals surface area contributed by atoms with E-state index in [2.05, 4.69) is 10.4 Å². The highest BCUT2D eigenvalue weighted by molar-refractivity contribution is 7.13. The van der Waals surface area contributed by atoms with Crippen LogP contribution in [0.5, 0.6) is 0 Å². The highest BCUT2D eigenvalue weighted by Gasteiger charge is 2.49. The molecule has 1 aliphatic heterocycles. The van der Waals surface area contributed by atoms with Crippen molar-refractivity contribution in [2.24, 2.45) is 0 Å². The molecule has 3 aromatic rings. The van der Waals surface area contributed by atoms with Crippen molar-refractivity contribution in [3.8, 4) is 10.8 Å². The standard InChI is InChI=1S/C18H13F3N4O4S/c19-18(20,21)13-8-14(26)22-10-4-1-2-5-11(10)25(13)15(27)9-24-17(28)29-16(23-24)12-6-3-7-30-12/h1-7,13H,8-9H2,(H,22,26)/t13-/m0/s1. The van der Waals surface area contributed by atoms with E-state index in [0.29, 0.717) is 14.5 Å². The lowest BCUT2D eigenvalue weighted by Crippen LogP contribution is -2.51. The van der Waals surface area contributed by atoms with Crippen LogP contribution in [0.15, 0.2) is 51.0 Å². The minimum Gasteiger partial charge on any atom is -0.387 e. The van der Waals surface area contributed by atoms with Gasteiger partial charge in [0.15, 0.2) is 0 Å². The van der Waals surface area contributed by atoms with Crippen LogP contribution < -0.4 is 16.0 Å². The summed E-state index contributed by atoms with van der Waals surface area (Å²) in [7, 11) is 0. The quantitative estimate of drug-likeness (QED) is 0.678. The Balaban J connectivity index is 1.72. The molecule has 0 aliphatic carbocycles. The predicted molar refractivity (Wildman–Crippen MR) is 101 cm³/mol. The number of para-hydroxylation sites is 2. The van der Waals surface area contributed by atoms with E-state index in [9.17, 15) is 27.6 Å². The fourth-order valence-electron chi connectivity index (χ4n) is 3.11. The Morgan fingerprint density at radius 1 is 1.23 bits per heavy atom. The number of carbonyl (C=O) groups is 2. The molecular formula is C18H13F3N4O4S. The van der Waals surface area contributed by atoms with Crippen molar-refractivity contribution < 1.29 is 27.2 Å². The Hall–Kier alpha value is -3.41. The van der Waals surface area contributed by atoms with Crippen LogP contribution in [0.1, 0.15) is 6.42 Å². The van der Waals surface area contributed by atoms with Gasteiger partial charge >= 0.3 is 11.9 Å². The molecule has 30 heavy (non-hydrogen) atoms. The number of hydrogen-bond acceptors (Lipinski definition) is 6. The third kappa shape index (κ3) is 3.73. The van der Waals surface area contributed by atoms with Gasteiger partial charge in [-0.3, -0.25) is 14.5 Å². The molecule has 1 aliphatic rings. The SMILES string of the molecule is O=C1C[C@@H](C(F)(F)F)N(C(=O)Cn2nc(-c3cccs3)oc2=O)c2ccccc2N1. The van der Waals surface area contributed by atoms with Gasteiger partial charge < -0.3 is 9.73 Å². The molecule has 0 bridgehead atoms. The topological polar surface area (TPSA) is 97.4 Å². The minimum atomic E-state index is -4.87. The molecular weight excluding hydrogens is 425 g/mol. The van der Waals surface area contributed by atoms with Crippen molar-refractivity contribution >= 4 is 34.5 Å².